The van der Waals surface area contributed by atoms with Crippen molar-refractivity contribution >= 4 is 5.97 Å². The highest BCUT2D eigenvalue weighted by atomic mass is 16.7. The summed E-state index contributed by atoms with van der Waals surface area (Å²) in [6.07, 6.45) is 13.3. The third-order valence-electron chi connectivity index (χ3n) is 6.29. The topological polar surface area (TPSA) is 105 Å². The molecule has 0 bridgehead atoms. The molecule has 0 aromatic carbocycles. The lowest BCUT2D eigenvalue weighted by atomic mass is 9.99. The molecule has 0 radical (unpaired) electrons. The van der Waals surface area contributed by atoms with Crippen molar-refractivity contribution in [2.75, 3.05) is 13.7 Å². The second-order valence-electron chi connectivity index (χ2n) is 9.13. The summed E-state index contributed by atoms with van der Waals surface area (Å²) in [6, 6.07) is 0. The van der Waals surface area contributed by atoms with E-state index in [0.29, 0.717) is 6.42 Å². The van der Waals surface area contributed by atoms with Crippen LogP contribution in [0.25, 0.3) is 0 Å². The van der Waals surface area contributed by atoms with Gasteiger partial charge in [0.25, 0.3) is 0 Å². The summed E-state index contributed by atoms with van der Waals surface area (Å²) in [6.45, 7) is 2.08. The molecule has 0 spiro atoms. The number of unbranched alkanes of at least 4 members (excludes halogenated alkanes) is 14. The van der Waals surface area contributed by atoms with Crippen LogP contribution in [0.2, 0.25) is 0 Å². The van der Waals surface area contributed by atoms with Gasteiger partial charge in [-0.25, -0.2) is 0 Å². The van der Waals surface area contributed by atoms with Crippen molar-refractivity contribution in [3.63, 3.8) is 0 Å². The fourth-order valence-corrected chi connectivity index (χ4v) is 4.14. The highest BCUT2D eigenvalue weighted by molar-refractivity contribution is 5.69. The molecule has 3 N–H and O–H groups in total. The predicted octanol–water partition coefficient (Wildman–Crippen LogP) is 4.25. The average molecular weight is 461 g/mol. The minimum Gasteiger partial charge on any atom is -0.463 e. The van der Waals surface area contributed by atoms with Gasteiger partial charge in [0.15, 0.2) is 6.29 Å². The number of esters is 1. The van der Waals surface area contributed by atoms with E-state index in [4.69, 9.17) is 14.2 Å². The van der Waals surface area contributed by atoms with Crippen molar-refractivity contribution in [2.24, 2.45) is 0 Å². The van der Waals surface area contributed by atoms with Crippen molar-refractivity contribution in [2.45, 2.75) is 140 Å². The van der Waals surface area contributed by atoms with Crippen LogP contribution in [-0.2, 0) is 19.0 Å². The number of ether oxygens (including phenoxy) is 3. The Kier molecular flexibility index (Phi) is 17.1. The maximum atomic E-state index is 11.9. The average Bonchev–Trinajstić information content (AvgIpc) is 2.79. The number of hydrogen-bond acceptors (Lipinski definition) is 7. The summed E-state index contributed by atoms with van der Waals surface area (Å²) in [7, 11) is 1.33. The van der Waals surface area contributed by atoms with E-state index in [9.17, 15) is 20.1 Å². The molecule has 0 aromatic heterocycles. The Bertz CT molecular complexity index is 458. The van der Waals surface area contributed by atoms with Gasteiger partial charge in [0, 0.05) is 13.5 Å². The molecule has 7 nitrogen and oxygen atoms in total. The maximum Gasteiger partial charge on any atom is 0.305 e. The van der Waals surface area contributed by atoms with Gasteiger partial charge in [-0.15, -0.1) is 0 Å². The molecule has 7 heteroatoms. The summed E-state index contributed by atoms with van der Waals surface area (Å²) in [5.74, 6) is -0.343. The number of carbonyl (C=O) groups excluding carboxylic acids is 1. The lowest BCUT2D eigenvalue weighted by molar-refractivity contribution is -0.295. The number of rotatable bonds is 19. The zero-order valence-electron chi connectivity index (χ0n) is 20.4. The molecule has 32 heavy (non-hydrogen) atoms. The summed E-state index contributed by atoms with van der Waals surface area (Å²) < 4.78 is 15.5. The third kappa shape index (κ3) is 12.5. The summed E-state index contributed by atoms with van der Waals surface area (Å²) in [4.78, 5) is 11.9. The minimum atomic E-state index is -1.41. The van der Waals surface area contributed by atoms with Crippen molar-refractivity contribution in [1.29, 1.82) is 0 Å². The van der Waals surface area contributed by atoms with Gasteiger partial charge in [-0.05, 0) is 6.42 Å². The van der Waals surface area contributed by atoms with Gasteiger partial charge in [-0.1, -0.05) is 96.8 Å². The summed E-state index contributed by atoms with van der Waals surface area (Å²) >= 11 is 0. The maximum absolute atomic E-state index is 11.9. The van der Waals surface area contributed by atoms with Crippen molar-refractivity contribution in [3.8, 4) is 0 Å². The predicted molar refractivity (Wildman–Crippen MR) is 124 cm³/mol. The number of hydrogen-bond donors (Lipinski definition) is 3. The Labute approximate surface area is 194 Å². The first kappa shape index (κ1) is 29.3. The normalized spacial score (nSPS) is 25.7. The molecule has 0 amide bonds. The Morgan fingerprint density at radius 2 is 1.19 bits per heavy atom. The first-order valence-corrected chi connectivity index (χ1v) is 12.9. The van der Waals surface area contributed by atoms with E-state index in [1.165, 1.54) is 84.2 Å². The molecular formula is C25H48O7. The van der Waals surface area contributed by atoms with E-state index < -0.39 is 30.7 Å². The number of aliphatic hydroxyl groups is 3. The molecule has 1 aliphatic rings. The van der Waals surface area contributed by atoms with E-state index in [1.807, 2.05) is 0 Å². The first-order valence-electron chi connectivity index (χ1n) is 12.9. The van der Waals surface area contributed by atoms with Crippen LogP contribution < -0.4 is 0 Å². The highest BCUT2D eigenvalue weighted by Gasteiger charge is 2.44. The van der Waals surface area contributed by atoms with Crippen LogP contribution in [0, 0.1) is 0 Å². The Hall–Kier alpha value is -0.730. The Morgan fingerprint density at radius 3 is 1.66 bits per heavy atom. The van der Waals surface area contributed by atoms with E-state index in [2.05, 4.69) is 6.92 Å². The quantitative estimate of drug-likeness (QED) is 0.195. The molecule has 1 fully saturated rings. The summed E-state index contributed by atoms with van der Waals surface area (Å²) in [5, 5.41) is 29.5. The van der Waals surface area contributed by atoms with Crippen LogP contribution in [0.5, 0.6) is 0 Å². The van der Waals surface area contributed by atoms with Crippen molar-refractivity contribution in [3.05, 3.63) is 0 Å². The molecule has 1 saturated heterocycles. The third-order valence-corrected chi connectivity index (χ3v) is 6.29. The first-order chi connectivity index (χ1) is 15.5. The van der Waals surface area contributed by atoms with E-state index in [0.717, 1.165) is 19.3 Å². The van der Waals surface area contributed by atoms with Gasteiger partial charge in [-0.3, -0.25) is 4.79 Å². The lowest BCUT2D eigenvalue weighted by Gasteiger charge is -2.39. The Balaban J connectivity index is 1.92. The van der Waals surface area contributed by atoms with Gasteiger partial charge >= 0.3 is 5.97 Å². The lowest BCUT2D eigenvalue weighted by Crippen LogP contribution is -2.59. The van der Waals surface area contributed by atoms with E-state index in [-0.39, 0.29) is 12.6 Å². The molecular weight excluding hydrogens is 412 g/mol. The van der Waals surface area contributed by atoms with Crippen LogP contribution in [-0.4, -0.2) is 65.7 Å². The molecule has 0 aliphatic carbocycles. The molecule has 1 rings (SSSR count). The van der Waals surface area contributed by atoms with Gasteiger partial charge in [0.05, 0.1) is 0 Å². The molecule has 0 aromatic rings. The fraction of sp³-hybridized carbons (Fsp3) is 0.960. The minimum absolute atomic E-state index is 0.178. The van der Waals surface area contributed by atoms with E-state index >= 15 is 0 Å². The molecule has 1 heterocycles. The van der Waals surface area contributed by atoms with E-state index in [1.54, 1.807) is 0 Å². The SMILES string of the molecule is CCCCCCCCCCCCCCCCCC(=O)OC[C@H]1O[C@@H](OC)[C@H](O)[C@@H](O)[C@H]1O. The van der Waals surface area contributed by atoms with Crippen LogP contribution in [0.1, 0.15) is 110 Å². The molecule has 0 unspecified atom stereocenters. The van der Waals surface area contributed by atoms with Crippen LogP contribution in [0.3, 0.4) is 0 Å². The fourth-order valence-electron chi connectivity index (χ4n) is 4.14. The molecule has 190 valence electrons. The van der Waals surface area contributed by atoms with Gasteiger partial charge < -0.3 is 29.5 Å². The molecule has 1 aliphatic heterocycles. The van der Waals surface area contributed by atoms with Crippen LogP contribution in [0.15, 0.2) is 0 Å². The number of methoxy groups -OCH3 is 1. The van der Waals surface area contributed by atoms with Crippen molar-refractivity contribution in [1.82, 2.24) is 0 Å². The van der Waals surface area contributed by atoms with Gasteiger partial charge in [0.1, 0.15) is 31.0 Å². The Morgan fingerprint density at radius 1 is 0.719 bits per heavy atom. The molecule has 5 atom stereocenters. The van der Waals surface area contributed by atoms with Crippen LogP contribution >= 0.6 is 0 Å². The number of carbonyl (C=O) groups is 1. The van der Waals surface area contributed by atoms with Gasteiger partial charge in [-0.2, -0.15) is 0 Å². The van der Waals surface area contributed by atoms with Gasteiger partial charge in [0.2, 0.25) is 0 Å². The zero-order chi connectivity index (χ0) is 23.6. The summed E-state index contributed by atoms with van der Waals surface area (Å²) in [5.41, 5.74) is 0. The monoisotopic (exact) mass is 460 g/mol. The highest BCUT2D eigenvalue weighted by Crippen LogP contribution is 2.22. The zero-order valence-corrected chi connectivity index (χ0v) is 20.4. The largest absolute Gasteiger partial charge is 0.463 e. The number of aliphatic hydroxyl groups excluding tert-OH is 3. The molecule has 0 saturated carbocycles. The van der Waals surface area contributed by atoms with Crippen LogP contribution in [0.4, 0.5) is 0 Å². The second-order valence-corrected chi connectivity index (χ2v) is 9.13. The van der Waals surface area contributed by atoms with Crippen molar-refractivity contribution < 1.29 is 34.3 Å². The second kappa shape index (κ2) is 18.7. The smallest absolute Gasteiger partial charge is 0.305 e. The standard InChI is InChI=1S/C25H48O7/c1-3-4-5-6-7-8-9-10-11-12-13-14-15-16-17-18-21(26)31-19-20-22(27)23(28)24(29)25(30-2)32-20/h20,22-25,27-29H,3-19H2,1-2H3/t20-,22+,23+,24-,25-/m1/s1.